The standard InChI is InChI=1S/C17H24N4O2/c22-21(23)17-6-2-1-4-15(17)5-3-10-19-11-7-16(14-19)20-12-8-18-9-13-20/h1-6,16,18H,7-14H2/b5-3+. The summed E-state index contributed by atoms with van der Waals surface area (Å²) in [6.07, 6.45) is 5.14. The molecule has 6 heteroatoms. The molecule has 23 heavy (non-hydrogen) atoms. The Morgan fingerprint density at radius 1 is 1.26 bits per heavy atom. The third-order valence-corrected chi connectivity index (χ3v) is 4.71. The van der Waals surface area contributed by atoms with E-state index in [1.54, 1.807) is 18.2 Å². The smallest absolute Gasteiger partial charge is 0.276 e. The van der Waals surface area contributed by atoms with E-state index in [4.69, 9.17) is 0 Å². The van der Waals surface area contributed by atoms with Crippen LogP contribution in [0.5, 0.6) is 0 Å². The highest BCUT2D eigenvalue weighted by atomic mass is 16.6. The highest BCUT2D eigenvalue weighted by molar-refractivity contribution is 5.60. The molecule has 2 saturated heterocycles. The minimum absolute atomic E-state index is 0.170. The van der Waals surface area contributed by atoms with E-state index in [1.165, 1.54) is 6.42 Å². The second-order valence-electron chi connectivity index (χ2n) is 6.21. The fourth-order valence-electron chi connectivity index (χ4n) is 3.45. The normalized spacial score (nSPS) is 23.6. The summed E-state index contributed by atoms with van der Waals surface area (Å²) >= 11 is 0. The van der Waals surface area contributed by atoms with E-state index >= 15 is 0 Å². The lowest BCUT2D eigenvalue weighted by molar-refractivity contribution is -0.385. The molecule has 6 nitrogen and oxygen atoms in total. The van der Waals surface area contributed by atoms with Crippen LogP contribution in [-0.4, -0.2) is 66.6 Å². The van der Waals surface area contributed by atoms with Crippen LogP contribution in [0.4, 0.5) is 5.69 Å². The van der Waals surface area contributed by atoms with Gasteiger partial charge in [0.05, 0.1) is 10.5 Å². The van der Waals surface area contributed by atoms with Gasteiger partial charge in [-0.3, -0.25) is 19.9 Å². The lowest BCUT2D eigenvalue weighted by Gasteiger charge is -2.32. The summed E-state index contributed by atoms with van der Waals surface area (Å²) in [7, 11) is 0. The van der Waals surface area contributed by atoms with Crippen LogP contribution in [-0.2, 0) is 0 Å². The largest absolute Gasteiger partial charge is 0.314 e. The number of hydrogen-bond acceptors (Lipinski definition) is 5. The second kappa shape index (κ2) is 7.68. The van der Waals surface area contributed by atoms with Gasteiger partial charge in [-0.1, -0.05) is 24.3 Å². The van der Waals surface area contributed by atoms with Crippen molar-refractivity contribution in [3.63, 3.8) is 0 Å². The summed E-state index contributed by atoms with van der Waals surface area (Å²) in [6.45, 7) is 7.53. The fourth-order valence-corrected chi connectivity index (χ4v) is 3.45. The summed E-state index contributed by atoms with van der Waals surface area (Å²) in [5.41, 5.74) is 0.846. The highest BCUT2D eigenvalue weighted by Crippen LogP contribution is 2.20. The molecule has 3 rings (SSSR count). The number of piperazine rings is 1. The molecule has 2 aliphatic rings. The van der Waals surface area contributed by atoms with Crippen LogP contribution in [0.1, 0.15) is 12.0 Å². The lowest BCUT2D eigenvalue weighted by Crippen LogP contribution is -2.49. The molecule has 0 radical (unpaired) electrons. The number of likely N-dealkylation sites (tertiary alicyclic amines) is 1. The van der Waals surface area contributed by atoms with Gasteiger partial charge < -0.3 is 5.32 Å². The molecule has 1 aromatic carbocycles. The molecule has 0 aromatic heterocycles. The SMILES string of the molecule is O=[N+]([O-])c1ccccc1/C=C/CN1CCC(N2CCNCC2)C1. The second-order valence-corrected chi connectivity index (χ2v) is 6.21. The Bertz CT molecular complexity index is 569. The Labute approximate surface area is 136 Å². The van der Waals surface area contributed by atoms with Crippen molar-refractivity contribution in [1.82, 2.24) is 15.1 Å². The van der Waals surface area contributed by atoms with Crippen LogP contribution in [0.25, 0.3) is 6.08 Å². The van der Waals surface area contributed by atoms with Gasteiger partial charge in [-0.05, 0) is 12.5 Å². The Balaban J connectivity index is 1.52. The van der Waals surface area contributed by atoms with Crippen molar-refractivity contribution in [2.45, 2.75) is 12.5 Å². The molecule has 1 aromatic rings. The van der Waals surface area contributed by atoms with Crippen molar-refractivity contribution in [3.05, 3.63) is 46.0 Å². The molecule has 0 spiro atoms. The van der Waals surface area contributed by atoms with Crippen molar-refractivity contribution in [1.29, 1.82) is 0 Å². The maximum Gasteiger partial charge on any atom is 0.276 e. The fraction of sp³-hybridized carbons (Fsp3) is 0.529. The first-order valence-electron chi connectivity index (χ1n) is 8.31. The number of rotatable bonds is 5. The minimum atomic E-state index is -0.323. The molecule has 2 aliphatic heterocycles. The first-order chi connectivity index (χ1) is 11.2. The predicted molar refractivity (Wildman–Crippen MR) is 91.4 cm³/mol. The van der Waals surface area contributed by atoms with Gasteiger partial charge in [0.15, 0.2) is 0 Å². The first kappa shape index (κ1) is 16.1. The maximum absolute atomic E-state index is 11.0. The minimum Gasteiger partial charge on any atom is -0.314 e. The number of nitrogens with zero attached hydrogens (tertiary/aromatic N) is 3. The van der Waals surface area contributed by atoms with Gasteiger partial charge in [0.25, 0.3) is 5.69 Å². The highest BCUT2D eigenvalue weighted by Gasteiger charge is 2.27. The Morgan fingerprint density at radius 3 is 2.83 bits per heavy atom. The number of nitro groups is 1. The summed E-state index contributed by atoms with van der Waals surface area (Å²) in [4.78, 5) is 15.7. The van der Waals surface area contributed by atoms with E-state index in [2.05, 4.69) is 15.1 Å². The molecule has 2 fully saturated rings. The van der Waals surface area contributed by atoms with Crippen molar-refractivity contribution >= 4 is 11.8 Å². The zero-order valence-electron chi connectivity index (χ0n) is 13.4. The number of nitrogens with one attached hydrogen (secondary N) is 1. The van der Waals surface area contributed by atoms with Gasteiger partial charge in [-0.25, -0.2) is 0 Å². The van der Waals surface area contributed by atoms with Crippen molar-refractivity contribution < 1.29 is 4.92 Å². The van der Waals surface area contributed by atoms with Crippen LogP contribution >= 0.6 is 0 Å². The van der Waals surface area contributed by atoms with E-state index in [0.29, 0.717) is 11.6 Å². The van der Waals surface area contributed by atoms with Crippen LogP contribution < -0.4 is 5.32 Å². The van der Waals surface area contributed by atoms with E-state index < -0.39 is 0 Å². The number of nitro benzene ring substituents is 1. The van der Waals surface area contributed by atoms with Gasteiger partial charge in [0.1, 0.15) is 0 Å². The molecule has 0 saturated carbocycles. The summed E-state index contributed by atoms with van der Waals surface area (Å²) < 4.78 is 0. The average Bonchev–Trinajstić information content (AvgIpc) is 3.05. The monoisotopic (exact) mass is 316 g/mol. The van der Waals surface area contributed by atoms with Gasteiger partial charge in [-0.2, -0.15) is 0 Å². The van der Waals surface area contributed by atoms with Gasteiger partial charge in [-0.15, -0.1) is 0 Å². The van der Waals surface area contributed by atoms with Crippen molar-refractivity contribution in [3.8, 4) is 0 Å². The van der Waals surface area contributed by atoms with E-state index in [9.17, 15) is 10.1 Å². The number of para-hydroxylation sites is 1. The molecule has 2 heterocycles. The topological polar surface area (TPSA) is 61.7 Å². The average molecular weight is 316 g/mol. The summed E-state index contributed by atoms with van der Waals surface area (Å²) in [5, 5.41) is 14.4. The quantitative estimate of drug-likeness (QED) is 0.660. The zero-order chi connectivity index (χ0) is 16.1. The van der Waals surface area contributed by atoms with Crippen LogP contribution in [0.15, 0.2) is 30.3 Å². The Morgan fingerprint density at radius 2 is 2.04 bits per heavy atom. The maximum atomic E-state index is 11.0. The van der Waals surface area contributed by atoms with Gasteiger partial charge in [0.2, 0.25) is 0 Å². The zero-order valence-corrected chi connectivity index (χ0v) is 13.4. The predicted octanol–water partition coefficient (Wildman–Crippen LogP) is 1.59. The Kier molecular flexibility index (Phi) is 5.38. The molecule has 1 unspecified atom stereocenters. The van der Waals surface area contributed by atoms with Crippen LogP contribution in [0.3, 0.4) is 0 Å². The lowest BCUT2D eigenvalue weighted by atomic mass is 10.1. The summed E-state index contributed by atoms with van der Waals surface area (Å²) in [6, 6.07) is 7.55. The molecular formula is C17H24N4O2. The third-order valence-electron chi connectivity index (χ3n) is 4.71. The van der Waals surface area contributed by atoms with E-state index in [1.807, 2.05) is 18.2 Å². The van der Waals surface area contributed by atoms with E-state index in [0.717, 1.165) is 45.8 Å². The van der Waals surface area contributed by atoms with Crippen LogP contribution in [0.2, 0.25) is 0 Å². The summed E-state index contributed by atoms with van der Waals surface area (Å²) in [5.74, 6) is 0. The molecule has 0 bridgehead atoms. The van der Waals surface area contributed by atoms with Crippen molar-refractivity contribution in [2.24, 2.45) is 0 Å². The molecule has 0 aliphatic carbocycles. The number of hydrogen-bond donors (Lipinski definition) is 1. The molecular weight excluding hydrogens is 292 g/mol. The number of benzene rings is 1. The van der Waals surface area contributed by atoms with Gasteiger partial charge >= 0.3 is 0 Å². The molecule has 1 N–H and O–H groups in total. The molecule has 1 atom stereocenters. The molecule has 0 amide bonds. The molecule has 124 valence electrons. The van der Waals surface area contributed by atoms with E-state index in [-0.39, 0.29) is 10.6 Å². The first-order valence-corrected chi connectivity index (χ1v) is 8.31. The Hall–Kier alpha value is -1.76. The van der Waals surface area contributed by atoms with Gasteiger partial charge in [0, 0.05) is 57.9 Å². The van der Waals surface area contributed by atoms with Crippen molar-refractivity contribution in [2.75, 3.05) is 45.8 Å². The third kappa shape index (κ3) is 4.16. The van der Waals surface area contributed by atoms with Crippen LogP contribution in [0, 0.1) is 10.1 Å².